The predicted octanol–water partition coefficient (Wildman–Crippen LogP) is 7.79. The van der Waals surface area contributed by atoms with E-state index < -0.39 is 23.6 Å². The normalized spacial score (nSPS) is 20.2. The Balaban J connectivity index is 0.000000162. The summed E-state index contributed by atoms with van der Waals surface area (Å²) < 4.78 is 5.44. The summed E-state index contributed by atoms with van der Waals surface area (Å²) in [5.41, 5.74) is 9.81. The summed E-state index contributed by atoms with van der Waals surface area (Å²) >= 11 is 3.36. The van der Waals surface area contributed by atoms with Gasteiger partial charge in [-0.05, 0) is 115 Å². The van der Waals surface area contributed by atoms with Crippen LogP contribution in [0.5, 0.6) is 0 Å². The van der Waals surface area contributed by atoms with Crippen LogP contribution >= 0.6 is 15.9 Å². The highest BCUT2D eigenvalue weighted by atomic mass is 79.9. The molecule has 2 fully saturated rings. The van der Waals surface area contributed by atoms with Crippen LogP contribution in [0.25, 0.3) is 11.1 Å². The number of halogens is 1. The van der Waals surface area contributed by atoms with Gasteiger partial charge >= 0.3 is 6.09 Å². The van der Waals surface area contributed by atoms with E-state index in [0.717, 1.165) is 59.2 Å². The number of fused-ring (bicyclic) bond motifs is 2. The van der Waals surface area contributed by atoms with Gasteiger partial charge in [0.2, 0.25) is 23.6 Å². The third-order valence-corrected chi connectivity index (χ3v) is 13.8. The number of alkyl halides is 1. The number of nitrogens with one attached hydrogen (secondary N) is 2. The van der Waals surface area contributed by atoms with Crippen molar-refractivity contribution in [3.63, 3.8) is 0 Å². The van der Waals surface area contributed by atoms with E-state index in [9.17, 15) is 33.6 Å². The average molecular weight is 1010 g/mol. The molecule has 4 aromatic rings. The first kappa shape index (κ1) is 49.7. The van der Waals surface area contributed by atoms with Crippen molar-refractivity contribution < 1.29 is 38.3 Å². The van der Waals surface area contributed by atoms with Gasteiger partial charge in [0.15, 0.2) is 0 Å². The molecule has 6 aliphatic heterocycles. The number of ether oxygens (including phenoxy) is 1. The third-order valence-electron chi connectivity index (χ3n) is 13.2. The monoisotopic (exact) mass is 1010 g/mol. The van der Waals surface area contributed by atoms with Crippen molar-refractivity contribution in [2.45, 2.75) is 102 Å². The number of hydrogen-bond donors (Lipinski definition) is 2. The summed E-state index contributed by atoms with van der Waals surface area (Å²) in [4.78, 5) is 92.5. The fraction of sp³-hybridized carbons (Fsp3) is 0.364. The molecule has 0 radical (unpaired) electrons. The number of benzene rings is 4. The van der Waals surface area contributed by atoms with Crippen LogP contribution in [0, 0.1) is 0 Å². The topological polar surface area (TPSA) is 166 Å². The highest BCUT2D eigenvalue weighted by Crippen LogP contribution is 2.34. The standard InChI is InChI=1S/C25H25N3O3.C23H27N3O5.C7H7Br/c29-23-9-8-22(24(30)26-23)28-16-20-14-19(6-7-21(20)25(28)31)18-10-12-27(13-11-18)15-17-4-2-1-3-5-17;1-23(2,3)31-22(30)25-10-8-14(9-11-25)15-4-5-17-16(12-15)13-26(21(17)29)18-6-7-19(27)24-20(18)28;8-6-7-4-2-1-3-5-7/h1-7,10,14,22H,8-9,11-13,15-16H2,(H,26,29,30);4-5,8,12,18H,6-7,9-11,13H2,1-3H3,(H,24,27,28);1-5H,6H2. The van der Waals surface area contributed by atoms with Crippen molar-refractivity contribution in [3.8, 4) is 0 Å². The van der Waals surface area contributed by atoms with E-state index in [0.29, 0.717) is 56.6 Å². The minimum absolute atomic E-state index is 0.122. The van der Waals surface area contributed by atoms with Crippen molar-refractivity contribution >= 4 is 68.6 Å². The quantitative estimate of drug-likeness (QED) is 0.139. The van der Waals surface area contributed by atoms with Gasteiger partial charge < -0.3 is 19.4 Å². The van der Waals surface area contributed by atoms with Gasteiger partial charge in [-0.25, -0.2) is 4.79 Å². The average Bonchev–Trinajstić information content (AvgIpc) is 3.86. The lowest BCUT2D eigenvalue weighted by atomic mass is 9.96. The van der Waals surface area contributed by atoms with E-state index in [4.69, 9.17) is 4.74 Å². The molecule has 0 spiro atoms. The van der Waals surface area contributed by atoms with Gasteiger partial charge in [-0.15, -0.1) is 0 Å². The van der Waals surface area contributed by atoms with E-state index >= 15 is 0 Å². The molecule has 15 heteroatoms. The van der Waals surface area contributed by atoms with Gasteiger partial charge in [-0.3, -0.25) is 44.3 Å². The Hall–Kier alpha value is -6.71. The molecule has 2 N–H and O–H groups in total. The van der Waals surface area contributed by atoms with Gasteiger partial charge in [-0.2, -0.15) is 0 Å². The Kier molecular flexibility index (Phi) is 15.6. The molecular weight excluding hydrogens is 953 g/mol. The maximum atomic E-state index is 12.9. The predicted molar refractivity (Wildman–Crippen MR) is 269 cm³/mol. The molecule has 14 nitrogen and oxygen atoms in total. The molecule has 6 heterocycles. The number of hydrogen-bond acceptors (Lipinski definition) is 9. The molecule has 0 aromatic heterocycles. The van der Waals surface area contributed by atoms with Crippen molar-refractivity contribution in [1.29, 1.82) is 0 Å². The molecule has 0 aliphatic carbocycles. The second kappa shape index (κ2) is 21.9. The minimum atomic E-state index is -0.614. The Morgan fingerprint density at radius 3 is 1.53 bits per heavy atom. The highest BCUT2D eigenvalue weighted by molar-refractivity contribution is 9.08. The Morgan fingerprint density at radius 2 is 1.11 bits per heavy atom. The van der Waals surface area contributed by atoms with Crippen LogP contribution < -0.4 is 10.6 Å². The van der Waals surface area contributed by atoms with Crippen LogP contribution in [0.4, 0.5) is 4.79 Å². The zero-order valence-electron chi connectivity index (χ0n) is 39.9. The van der Waals surface area contributed by atoms with Crippen LogP contribution in [0.1, 0.15) is 113 Å². The van der Waals surface area contributed by atoms with Gasteiger partial charge in [-0.1, -0.05) is 101 Å². The lowest BCUT2D eigenvalue weighted by molar-refractivity contribution is -0.138. The van der Waals surface area contributed by atoms with Gasteiger partial charge in [0, 0.05) is 75.1 Å². The third kappa shape index (κ3) is 12.0. The molecule has 2 atom stereocenters. The fourth-order valence-electron chi connectivity index (χ4n) is 9.50. The first-order valence-electron chi connectivity index (χ1n) is 23.9. The molecule has 2 unspecified atom stereocenters. The number of amides is 7. The van der Waals surface area contributed by atoms with Gasteiger partial charge in [0.05, 0.1) is 0 Å². The van der Waals surface area contributed by atoms with E-state index in [2.05, 4.69) is 80.0 Å². The van der Waals surface area contributed by atoms with Crippen molar-refractivity contribution in [2.75, 3.05) is 26.2 Å². The van der Waals surface area contributed by atoms with Crippen molar-refractivity contribution in [1.82, 2.24) is 30.2 Å². The first-order valence-corrected chi connectivity index (χ1v) is 25.0. The smallest absolute Gasteiger partial charge is 0.410 e. The van der Waals surface area contributed by atoms with Crippen LogP contribution in [0.2, 0.25) is 0 Å². The summed E-state index contributed by atoms with van der Waals surface area (Å²) in [6.45, 7) is 10.2. The maximum absolute atomic E-state index is 12.9. The molecule has 364 valence electrons. The molecule has 70 heavy (non-hydrogen) atoms. The first-order chi connectivity index (χ1) is 33.6. The number of rotatable bonds is 7. The molecule has 0 saturated carbocycles. The Labute approximate surface area is 417 Å². The maximum Gasteiger partial charge on any atom is 0.410 e. The number of carbonyl (C=O) groups is 7. The molecular formula is C55H59BrN6O8. The summed E-state index contributed by atoms with van der Waals surface area (Å²) in [6.07, 6.45) is 6.90. The molecule has 10 rings (SSSR count). The second-order valence-electron chi connectivity index (χ2n) is 19.3. The summed E-state index contributed by atoms with van der Waals surface area (Å²) in [7, 11) is 0. The molecule has 0 bridgehead atoms. The van der Waals surface area contributed by atoms with Crippen molar-refractivity contribution in [3.05, 3.63) is 154 Å². The van der Waals surface area contributed by atoms with Gasteiger partial charge in [0.25, 0.3) is 11.8 Å². The van der Waals surface area contributed by atoms with Crippen LogP contribution in [0.15, 0.2) is 109 Å². The zero-order valence-corrected chi connectivity index (χ0v) is 41.5. The molecule has 6 aliphatic rings. The number of nitrogens with zero attached hydrogens (tertiary/aromatic N) is 4. The highest BCUT2D eigenvalue weighted by Gasteiger charge is 2.41. The van der Waals surface area contributed by atoms with E-state index in [-0.39, 0.29) is 48.5 Å². The number of imide groups is 2. The van der Waals surface area contributed by atoms with E-state index in [1.54, 1.807) is 20.8 Å². The zero-order chi connectivity index (χ0) is 49.5. The Bertz CT molecular complexity index is 2730. The van der Waals surface area contributed by atoms with Crippen molar-refractivity contribution in [2.24, 2.45) is 0 Å². The minimum Gasteiger partial charge on any atom is -0.444 e. The lowest BCUT2D eigenvalue weighted by Gasteiger charge is -2.29. The molecule has 2 saturated heterocycles. The molecule has 7 amide bonds. The van der Waals surface area contributed by atoms with E-state index in [1.165, 1.54) is 16.7 Å². The molecule has 4 aromatic carbocycles. The summed E-state index contributed by atoms with van der Waals surface area (Å²) in [5.74, 6) is -1.64. The fourth-order valence-corrected chi connectivity index (χ4v) is 9.87. The van der Waals surface area contributed by atoms with E-state index in [1.807, 2.05) is 75.4 Å². The van der Waals surface area contributed by atoms with Gasteiger partial charge in [0.1, 0.15) is 17.7 Å². The lowest BCUT2D eigenvalue weighted by Crippen LogP contribution is -2.52. The Morgan fingerprint density at radius 1 is 0.629 bits per heavy atom. The van der Waals surface area contributed by atoms with Crippen LogP contribution in [0.3, 0.4) is 0 Å². The van der Waals surface area contributed by atoms with Crippen LogP contribution in [-0.2, 0) is 48.9 Å². The summed E-state index contributed by atoms with van der Waals surface area (Å²) in [5, 5.41) is 5.63. The number of piperidine rings is 2. The second-order valence-corrected chi connectivity index (χ2v) is 19.8. The van der Waals surface area contributed by atoms with Crippen LogP contribution in [-0.4, -0.2) is 105 Å². The largest absolute Gasteiger partial charge is 0.444 e. The SMILES string of the molecule is BrCc1ccccc1.CC(C)(C)OC(=O)N1CC=C(c2ccc3c(c2)CN(C2CCC(=O)NC2=O)C3=O)CC1.O=C1CCC(N2Cc3cc(C4=CCN(Cc5ccccc5)CC4)ccc3C2=O)C(=O)N1. The number of carbonyl (C=O) groups excluding carboxylic acids is 7. The summed E-state index contributed by atoms with van der Waals surface area (Å²) in [6, 6.07) is 31.3.